The summed E-state index contributed by atoms with van der Waals surface area (Å²) in [6, 6.07) is 6.59. The molecule has 2 aromatic carbocycles. The summed E-state index contributed by atoms with van der Waals surface area (Å²) >= 11 is 0. The van der Waals surface area contributed by atoms with Crippen LogP contribution in [-0.2, 0) is 32.0 Å². The molecule has 0 spiro atoms. The molecule has 13 nitrogen and oxygen atoms in total. The molecule has 0 bridgehead atoms. The molecular weight excluding hydrogens is 572 g/mol. The summed E-state index contributed by atoms with van der Waals surface area (Å²) in [4.78, 5) is 67.8. The number of nitrogens with one attached hydrogen (secondary N) is 2. The highest BCUT2D eigenvalue weighted by molar-refractivity contribution is 6.25. The third kappa shape index (κ3) is 5.32. The second kappa shape index (κ2) is 12.9. The van der Waals surface area contributed by atoms with Crippen LogP contribution in [0.5, 0.6) is 11.5 Å². The highest BCUT2D eigenvalue weighted by Gasteiger charge is 2.69. The van der Waals surface area contributed by atoms with Crippen molar-refractivity contribution in [3.63, 3.8) is 0 Å². The summed E-state index contributed by atoms with van der Waals surface area (Å²) < 4.78 is 16.0. The van der Waals surface area contributed by atoms with E-state index in [0.717, 1.165) is 16.0 Å². The van der Waals surface area contributed by atoms with E-state index in [1.165, 1.54) is 33.5 Å². The van der Waals surface area contributed by atoms with Crippen molar-refractivity contribution in [2.45, 2.75) is 51.1 Å². The predicted molar refractivity (Wildman–Crippen MR) is 159 cm³/mol. The molecule has 2 aliphatic rings. The van der Waals surface area contributed by atoms with Crippen LogP contribution in [0.3, 0.4) is 0 Å². The van der Waals surface area contributed by atoms with E-state index in [0.29, 0.717) is 18.5 Å². The number of aliphatic carboxylic acids is 1. The number of para-hydroxylation sites is 1. The minimum atomic E-state index is -1.95. The number of carbonyl (C=O) groups is 5. The molecule has 4 rings (SSSR count). The molecule has 2 aliphatic heterocycles. The number of hydrogen-bond donors (Lipinski definition) is 4. The van der Waals surface area contributed by atoms with Gasteiger partial charge in [0.1, 0.15) is 22.6 Å². The molecule has 13 heteroatoms. The Labute approximate surface area is 255 Å². The number of carbonyl (C=O) groups excluding carboxylic acids is 4. The van der Waals surface area contributed by atoms with Crippen LogP contribution in [0.4, 0.5) is 10.5 Å². The maximum atomic E-state index is 14.5. The lowest BCUT2D eigenvalue weighted by atomic mass is 9.76. The Hall–Kier alpha value is -4.65. The first kappa shape index (κ1) is 32.3. The van der Waals surface area contributed by atoms with Crippen LogP contribution >= 0.6 is 0 Å². The quantitative estimate of drug-likeness (QED) is 0.158. The van der Waals surface area contributed by atoms with Crippen molar-refractivity contribution >= 4 is 35.5 Å². The highest BCUT2D eigenvalue weighted by atomic mass is 16.5. The molecule has 44 heavy (non-hydrogen) atoms. The fourth-order valence-electron chi connectivity index (χ4n) is 6.56. The van der Waals surface area contributed by atoms with Crippen LogP contribution in [0.2, 0.25) is 0 Å². The van der Waals surface area contributed by atoms with Crippen molar-refractivity contribution in [2.75, 3.05) is 32.8 Å². The summed E-state index contributed by atoms with van der Waals surface area (Å²) in [5.74, 6) is -5.61. The number of nitrogens with zero attached hydrogens (tertiary/aromatic N) is 1. The van der Waals surface area contributed by atoms with Gasteiger partial charge in [-0.3, -0.25) is 19.7 Å². The summed E-state index contributed by atoms with van der Waals surface area (Å²) in [6.45, 7) is 3.86. The van der Waals surface area contributed by atoms with Gasteiger partial charge in [0.2, 0.25) is 11.8 Å². The Balaban J connectivity index is 1.98. The molecule has 4 atom stereocenters. The van der Waals surface area contributed by atoms with Gasteiger partial charge >= 0.3 is 18.0 Å². The number of aryl methyl sites for hydroxylation is 2. The topological polar surface area (TPSA) is 187 Å². The number of anilines is 1. The lowest BCUT2D eigenvalue weighted by Gasteiger charge is -2.32. The Kier molecular flexibility index (Phi) is 9.47. The molecular formula is C31H38N4O9. The minimum absolute atomic E-state index is 0.0365. The summed E-state index contributed by atoms with van der Waals surface area (Å²) in [6.07, 6.45) is 1.04. The van der Waals surface area contributed by atoms with E-state index in [4.69, 9.17) is 19.9 Å². The number of hydrogen-bond acceptors (Lipinski definition) is 9. The van der Waals surface area contributed by atoms with Gasteiger partial charge in [-0.05, 0) is 48.4 Å². The SMILES string of the molecule is CCc1cccc(CC)c1N1C(=O)C2C(c3cc(OC)cc(OC)c3C(=O)OC)NC(CCCNC(N)=O)(C(=O)O)C2C1=O. The van der Waals surface area contributed by atoms with Crippen molar-refractivity contribution in [1.29, 1.82) is 0 Å². The molecule has 2 fully saturated rings. The van der Waals surface area contributed by atoms with Gasteiger partial charge in [-0.15, -0.1) is 0 Å². The number of methoxy groups -OCH3 is 3. The van der Waals surface area contributed by atoms with Gasteiger partial charge in [-0.1, -0.05) is 32.0 Å². The van der Waals surface area contributed by atoms with Gasteiger partial charge in [0.25, 0.3) is 0 Å². The first-order valence-electron chi connectivity index (χ1n) is 14.4. The van der Waals surface area contributed by atoms with E-state index in [9.17, 15) is 29.1 Å². The fraction of sp³-hybridized carbons (Fsp3) is 0.452. The number of imide groups is 1. The molecule has 0 radical (unpaired) electrons. The third-order valence-electron chi connectivity index (χ3n) is 8.56. The number of amides is 4. The maximum absolute atomic E-state index is 14.5. The summed E-state index contributed by atoms with van der Waals surface area (Å²) in [7, 11) is 3.95. The van der Waals surface area contributed by atoms with Gasteiger partial charge in [0, 0.05) is 18.7 Å². The number of ether oxygens (including phenoxy) is 3. The molecule has 2 aromatic rings. The van der Waals surface area contributed by atoms with Crippen LogP contribution in [0, 0.1) is 11.8 Å². The van der Waals surface area contributed by atoms with Crippen LogP contribution in [-0.4, -0.2) is 68.3 Å². The molecule has 0 aromatic heterocycles. The molecule has 4 amide bonds. The number of esters is 1. The van der Waals surface area contributed by atoms with Crippen molar-refractivity contribution in [2.24, 2.45) is 17.6 Å². The molecule has 2 saturated heterocycles. The molecule has 0 saturated carbocycles. The maximum Gasteiger partial charge on any atom is 0.341 e. The highest BCUT2D eigenvalue weighted by Crippen LogP contribution is 2.53. The van der Waals surface area contributed by atoms with Crippen molar-refractivity contribution in [3.05, 3.63) is 52.6 Å². The summed E-state index contributed by atoms with van der Waals surface area (Å²) in [5.41, 5.74) is 5.37. The third-order valence-corrected chi connectivity index (χ3v) is 8.56. The second-order valence-electron chi connectivity index (χ2n) is 10.7. The number of benzene rings is 2. The van der Waals surface area contributed by atoms with Gasteiger partial charge in [-0.2, -0.15) is 0 Å². The first-order valence-corrected chi connectivity index (χ1v) is 14.4. The lowest BCUT2D eigenvalue weighted by Crippen LogP contribution is -2.56. The van der Waals surface area contributed by atoms with Crippen LogP contribution in [0.25, 0.3) is 0 Å². The molecule has 5 N–H and O–H groups in total. The van der Waals surface area contributed by atoms with Crippen LogP contribution < -0.4 is 30.7 Å². The molecule has 0 aliphatic carbocycles. The average molecular weight is 611 g/mol. The number of urea groups is 1. The minimum Gasteiger partial charge on any atom is -0.497 e. The smallest absolute Gasteiger partial charge is 0.341 e. The largest absolute Gasteiger partial charge is 0.497 e. The van der Waals surface area contributed by atoms with Gasteiger partial charge in [-0.25, -0.2) is 14.5 Å². The summed E-state index contributed by atoms with van der Waals surface area (Å²) in [5, 5.41) is 16.3. The Morgan fingerprint density at radius 2 is 1.70 bits per heavy atom. The van der Waals surface area contributed by atoms with Crippen molar-refractivity contribution < 1.29 is 43.3 Å². The van der Waals surface area contributed by atoms with Gasteiger partial charge in [0.15, 0.2) is 0 Å². The molecule has 236 valence electrons. The van der Waals surface area contributed by atoms with E-state index in [2.05, 4.69) is 10.6 Å². The van der Waals surface area contributed by atoms with Crippen molar-refractivity contribution in [1.82, 2.24) is 10.6 Å². The Bertz CT molecular complexity index is 1470. The zero-order valence-electron chi connectivity index (χ0n) is 25.4. The Morgan fingerprint density at radius 3 is 2.23 bits per heavy atom. The van der Waals surface area contributed by atoms with Gasteiger partial charge in [0.05, 0.1) is 38.9 Å². The zero-order chi connectivity index (χ0) is 32.3. The van der Waals surface area contributed by atoms with Crippen molar-refractivity contribution in [3.8, 4) is 11.5 Å². The predicted octanol–water partition coefficient (Wildman–Crippen LogP) is 2.34. The standard InChI is InChI=1S/C31H38N4O9/c1-6-16-10-8-11-17(7-2)25(16)35-26(36)22-23(27(35)37)31(29(39)40,12-9-13-33-30(32)41)34-24(22)19-14-18(42-3)15-20(43-4)21(19)28(38)44-5/h8,10-11,14-15,22-24,34H,6-7,9,12-13H2,1-5H3,(H,39,40)(H3,32,33,41). The number of rotatable bonds is 12. The molecule has 2 heterocycles. The average Bonchev–Trinajstić information content (AvgIpc) is 3.50. The zero-order valence-corrected chi connectivity index (χ0v) is 25.4. The number of carboxylic acid groups (broad SMARTS) is 1. The normalized spacial score (nSPS) is 22.5. The van der Waals surface area contributed by atoms with Crippen LogP contribution in [0.15, 0.2) is 30.3 Å². The second-order valence-corrected chi connectivity index (χ2v) is 10.7. The van der Waals surface area contributed by atoms with E-state index in [-0.39, 0.29) is 42.0 Å². The van der Waals surface area contributed by atoms with Gasteiger partial charge < -0.3 is 30.4 Å². The van der Waals surface area contributed by atoms with E-state index in [1.54, 1.807) is 0 Å². The van der Waals surface area contributed by atoms with E-state index < -0.39 is 53.2 Å². The first-order chi connectivity index (χ1) is 21.0. The number of primary amides is 1. The number of carboxylic acids is 1. The van der Waals surface area contributed by atoms with Crippen LogP contribution in [0.1, 0.15) is 59.8 Å². The lowest BCUT2D eigenvalue weighted by molar-refractivity contribution is -0.149. The molecule has 4 unspecified atom stereocenters. The number of nitrogens with two attached hydrogens (primary N) is 1. The van der Waals surface area contributed by atoms with E-state index in [1.807, 2.05) is 32.0 Å². The Morgan fingerprint density at radius 1 is 1.05 bits per heavy atom. The monoisotopic (exact) mass is 610 g/mol. The van der Waals surface area contributed by atoms with E-state index >= 15 is 0 Å². The number of fused-ring (bicyclic) bond motifs is 1. The fourth-order valence-corrected chi connectivity index (χ4v) is 6.56.